The van der Waals surface area contributed by atoms with Gasteiger partial charge in [-0.15, -0.1) is 0 Å². The zero-order chi connectivity index (χ0) is 22.4. The first kappa shape index (κ1) is 24.8. The summed E-state index contributed by atoms with van der Waals surface area (Å²) < 4.78 is 33.9. The fourth-order valence-corrected chi connectivity index (χ4v) is 5.72. The highest BCUT2D eigenvalue weighted by Crippen LogP contribution is 2.54. The summed E-state index contributed by atoms with van der Waals surface area (Å²) in [5, 5.41) is 5.34. The van der Waals surface area contributed by atoms with Crippen molar-refractivity contribution >= 4 is 25.6 Å². The molecule has 2 aliphatic rings. The molecule has 0 bridgehead atoms. The molecular weight excluding hydrogens is 415 g/mol. The van der Waals surface area contributed by atoms with E-state index in [1.807, 2.05) is 0 Å². The van der Waals surface area contributed by atoms with E-state index in [1.54, 1.807) is 13.8 Å². The van der Waals surface area contributed by atoms with Gasteiger partial charge in [0.25, 0.3) is 0 Å². The third-order valence-electron chi connectivity index (χ3n) is 5.53. The van der Waals surface area contributed by atoms with Gasteiger partial charge in [0.1, 0.15) is 6.04 Å². The van der Waals surface area contributed by atoms with Crippen LogP contribution in [0.25, 0.3) is 0 Å². The average molecular weight is 448 g/mol. The Hall–Kier alpha value is -1.48. The molecule has 0 aromatic heterocycles. The second-order valence-corrected chi connectivity index (χ2v) is 10.1. The van der Waals surface area contributed by atoms with Crippen molar-refractivity contribution in [2.45, 2.75) is 64.5 Å². The molecule has 1 aliphatic carbocycles. The lowest BCUT2D eigenvalue weighted by Crippen LogP contribution is -2.52. The van der Waals surface area contributed by atoms with Crippen molar-refractivity contribution in [1.29, 1.82) is 0 Å². The maximum absolute atomic E-state index is 13.3. The van der Waals surface area contributed by atoms with Gasteiger partial charge < -0.3 is 14.8 Å². The van der Waals surface area contributed by atoms with Crippen molar-refractivity contribution in [1.82, 2.24) is 10.4 Å². The lowest BCUT2D eigenvalue weighted by Gasteiger charge is -2.41. The first-order valence-electron chi connectivity index (χ1n) is 10.2. The highest BCUT2D eigenvalue weighted by atomic mass is 31.2. The van der Waals surface area contributed by atoms with Gasteiger partial charge in [-0.2, -0.15) is 0 Å². The monoisotopic (exact) mass is 448 g/mol. The number of carbonyl (C=O) groups excluding carboxylic acids is 3. The Kier molecular flexibility index (Phi) is 8.85. The zero-order valence-electron chi connectivity index (χ0n) is 18.1. The quantitative estimate of drug-likeness (QED) is 0.423. The van der Waals surface area contributed by atoms with Crippen LogP contribution in [-0.2, 0) is 37.5 Å². The van der Waals surface area contributed by atoms with Crippen LogP contribution in [0.1, 0.15) is 52.4 Å². The number of ether oxygens (including phenoxy) is 2. The van der Waals surface area contributed by atoms with Crippen LogP contribution in [0.5, 0.6) is 0 Å². The number of hydrogen-bond donors (Lipinski definition) is 2. The van der Waals surface area contributed by atoms with Crippen LogP contribution in [0.2, 0.25) is 0 Å². The van der Waals surface area contributed by atoms with Crippen molar-refractivity contribution < 1.29 is 37.5 Å². The smallest absolute Gasteiger partial charge is 0.407 e. The first-order chi connectivity index (χ1) is 14.1. The van der Waals surface area contributed by atoms with Crippen molar-refractivity contribution in [2.24, 2.45) is 11.3 Å². The predicted molar refractivity (Wildman–Crippen MR) is 107 cm³/mol. The van der Waals surface area contributed by atoms with Gasteiger partial charge in [0.15, 0.2) is 6.10 Å². The zero-order valence-corrected chi connectivity index (χ0v) is 19.0. The molecule has 1 saturated carbocycles. The Morgan fingerprint density at radius 2 is 1.80 bits per heavy atom. The summed E-state index contributed by atoms with van der Waals surface area (Å²) in [6.07, 6.45) is 3.57. The van der Waals surface area contributed by atoms with E-state index in [4.69, 9.17) is 13.8 Å². The molecule has 11 heteroatoms. The Bertz CT molecular complexity index is 677. The van der Waals surface area contributed by atoms with E-state index in [-0.39, 0.29) is 25.5 Å². The lowest BCUT2D eigenvalue weighted by molar-refractivity contribution is -0.145. The van der Waals surface area contributed by atoms with Crippen molar-refractivity contribution in [3.63, 3.8) is 0 Å². The molecule has 2 fully saturated rings. The van der Waals surface area contributed by atoms with Gasteiger partial charge in [-0.1, -0.05) is 33.1 Å². The summed E-state index contributed by atoms with van der Waals surface area (Å²) >= 11 is 0. The maximum atomic E-state index is 13.3. The molecule has 0 radical (unpaired) electrons. The summed E-state index contributed by atoms with van der Waals surface area (Å²) in [7, 11) is -1.41. The number of amides is 1. The van der Waals surface area contributed by atoms with E-state index >= 15 is 0 Å². The molecule has 0 spiro atoms. The maximum Gasteiger partial charge on any atom is 0.407 e. The van der Waals surface area contributed by atoms with E-state index in [2.05, 4.69) is 15.1 Å². The van der Waals surface area contributed by atoms with Crippen LogP contribution in [0.4, 0.5) is 0 Å². The Morgan fingerprint density at radius 1 is 1.13 bits per heavy atom. The van der Waals surface area contributed by atoms with Gasteiger partial charge in [-0.25, -0.2) is 9.65 Å². The van der Waals surface area contributed by atoms with Gasteiger partial charge in [0.05, 0.1) is 27.2 Å². The molecule has 2 N–H and O–H groups in total. The number of carbonyl (C=O) groups is 3. The largest absolute Gasteiger partial charge is 0.469 e. The first-order valence-corrected chi connectivity index (χ1v) is 11.8. The molecule has 1 saturated heterocycles. The Morgan fingerprint density at radius 3 is 2.40 bits per heavy atom. The molecule has 172 valence electrons. The molecule has 1 amide bonds. The molecule has 1 heterocycles. The summed E-state index contributed by atoms with van der Waals surface area (Å²) in [5.41, 5.74) is -0.767. The summed E-state index contributed by atoms with van der Waals surface area (Å²) in [4.78, 5) is 36.3. The molecule has 1 unspecified atom stereocenters. The van der Waals surface area contributed by atoms with Crippen molar-refractivity contribution in [3.05, 3.63) is 0 Å². The standard InChI is InChI=1S/C19H33N2O8P/c1-19(2)12-28-30(25,29-16(19)17(23)20-11-10-14(22)26-3)21-15(18(24)27-4)13-8-6-5-7-9-13/h13,15-16H,5-12H2,1-4H3,(H,20,23)(H,21,25)/t15-,16-,30?/m0/s1. The van der Waals surface area contributed by atoms with Crippen molar-refractivity contribution in [2.75, 3.05) is 27.4 Å². The van der Waals surface area contributed by atoms with Crippen LogP contribution >= 0.6 is 7.75 Å². The molecule has 30 heavy (non-hydrogen) atoms. The Balaban J connectivity index is 2.09. The van der Waals surface area contributed by atoms with Gasteiger partial charge in [-0.3, -0.25) is 23.4 Å². The molecule has 0 aromatic carbocycles. The van der Waals surface area contributed by atoms with Gasteiger partial charge in [0, 0.05) is 12.0 Å². The fourth-order valence-electron chi connectivity index (χ4n) is 3.71. The molecule has 2 rings (SSSR count). The van der Waals surface area contributed by atoms with E-state index in [9.17, 15) is 18.9 Å². The Labute approximate surface area is 177 Å². The topological polar surface area (TPSA) is 129 Å². The number of methoxy groups -OCH3 is 2. The SMILES string of the molecule is COC(=O)CCNC(=O)[C@@H]1OP(=O)(N[C@H](C(=O)OC)C2CCCCC2)OCC1(C)C. The number of nitrogens with one attached hydrogen (secondary N) is 2. The third-order valence-corrected chi connectivity index (χ3v) is 7.08. The van der Waals surface area contributed by atoms with Crippen LogP contribution in [-0.4, -0.2) is 57.4 Å². The summed E-state index contributed by atoms with van der Waals surface area (Å²) in [6.45, 7) is 3.55. The van der Waals surface area contributed by atoms with E-state index in [0.717, 1.165) is 32.1 Å². The second-order valence-electron chi connectivity index (χ2n) is 8.39. The molecular formula is C19H33N2O8P. The summed E-state index contributed by atoms with van der Waals surface area (Å²) in [5.74, 6) is -1.55. The second kappa shape index (κ2) is 10.7. The minimum absolute atomic E-state index is 0.00783. The predicted octanol–water partition coefficient (Wildman–Crippen LogP) is 1.93. The number of rotatable bonds is 8. The van der Waals surface area contributed by atoms with Gasteiger partial charge in [0.2, 0.25) is 5.91 Å². The van der Waals surface area contributed by atoms with E-state index in [0.29, 0.717) is 0 Å². The number of esters is 2. The highest BCUT2D eigenvalue weighted by molar-refractivity contribution is 7.51. The highest BCUT2D eigenvalue weighted by Gasteiger charge is 2.50. The van der Waals surface area contributed by atoms with Gasteiger partial charge in [-0.05, 0) is 18.8 Å². The van der Waals surface area contributed by atoms with Crippen LogP contribution in [0, 0.1) is 11.3 Å². The number of hydrogen-bond acceptors (Lipinski definition) is 8. The molecule has 3 atom stereocenters. The van der Waals surface area contributed by atoms with Crippen LogP contribution in [0.15, 0.2) is 0 Å². The van der Waals surface area contributed by atoms with Crippen LogP contribution in [0.3, 0.4) is 0 Å². The van der Waals surface area contributed by atoms with Crippen LogP contribution < -0.4 is 10.4 Å². The van der Waals surface area contributed by atoms with Gasteiger partial charge >= 0.3 is 19.7 Å². The lowest BCUT2D eigenvalue weighted by atomic mass is 9.84. The fraction of sp³-hybridized carbons (Fsp3) is 0.842. The average Bonchev–Trinajstić information content (AvgIpc) is 2.74. The summed E-state index contributed by atoms with van der Waals surface area (Å²) in [6, 6.07) is -0.842. The van der Waals surface area contributed by atoms with E-state index < -0.39 is 43.2 Å². The molecule has 10 nitrogen and oxygen atoms in total. The van der Waals surface area contributed by atoms with E-state index in [1.165, 1.54) is 14.2 Å². The normalized spacial score (nSPS) is 27.7. The minimum Gasteiger partial charge on any atom is -0.469 e. The third kappa shape index (κ3) is 6.51. The van der Waals surface area contributed by atoms with Crippen molar-refractivity contribution in [3.8, 4) is 0 Å². The molecule has 1 aliphatic heterocycles. The molecule has 0 aromatic rings. The minimum atomic E-state index is -3.95.